The Bertz CT molecular complexity index is 734. The molecule has 1 N–H and O–H groups in total. The maximum Gasteiger partial charge on any atom is 0.410 e. The van der Waals surface area contributed by atoms with Gasteiger partial charge in [-0.1, -0.05) is 46.3 Å². The van der Waals surface area contributed by atoms with Crippen LogP contribution in [-0.2, 0) is 16.1 Å². The minimum Gasteiger partial charge on any atom is -0.445 e. The van der Waals surface area contributed by atoms with Gasteiger partial charge in [-0.25, -0.2) is 4.79 Å². The molecule has 2 aromatic rings. The minimum absolute atomic E-state index is 0.184. The topological polar surface area (TPSA) is 58.6 Å². The van der Waals surface area contributed by atoms with Crippen LogP contribution in [-0.4, -0.2) is 29.5 Å². The van der Waals surface area contributed by atoms with Gasteiger partial charge in [-0.2, -0.15) is 0 Å². The largest absolute Gasteiger partial charge is 0.445 e. The molecule has 2 aromatic carbocycles. The molecule has 0 aromatic heterocycles. The number of halogens is 1. The molecule has 1 fully saturated rings. The lowest BCUT2D eigenvalue weighted by Gasteiger charge is -2.23. The highest BCUT2D eigenvalue weighted by atomic mass is 79.9. The van der Waals surface area contributed by atoms with Crippen molar-refractivity contribution in [1.82, 2.24) is 4.90 Å². The predicted molar refractivity (Wildman–Crippen MR) is 99.1 cm³/mol. The molecule has 0 unspecified atom stereocenters. The van der Waals surface area contributed by atoms with Crippen molar-refractivity contribution >= 4 is 33.6 Å². The van der Waals surface area contributed by atoms with Gasteiger partial charge in [-0.05, 0) is 42.7 Å². The summed E-state index contributed by atoms with van der Waals surface area (Å²) in [6.45, 7) is 0.739. The first-order valence-corrected chi connectivity index (χ1v) is 8.96. The third-order valence-corrected chi connectivity index (χ3v) is 4.64. The van der Waals surface area contributed by atoms with E-state index in [0.717, 1.165) is 16.5 Å². The van der Waals surface area contributed by atoms with E-state index < -0.39 is 12.1 Å². The van der Waals surface area contributed by atoms with Gasteiger partial charge in [-0.15, -0.1) is 0 Å². The molecule has 3 rings (SSSR count). The van der Waals surface area contributed by atoms with Crippen LogP contribution in [0.5, 0.6) is 0 Å². The first kappa shape index (κ1) is 17.5. The molecule has 130 valence electrons. The standard InChI is InChI=1S/C19H19BrN2O3/c20-15-8-10-16(11-9-15)21-18(23)17-7-4-12-22(17)19(24)25-13-14-5-2-1-3-6-14/h1-3,5-6,8-11,17H,4,7,12-13H2,(H,21,23)/t17-/m0/s1. The van der Waals surface area contributed by atoms with Crippen LogP contribution in [0.1, 0.15) is 18.4 Å². The van der Waals surface area contributed by atoms with E-state index in [-0.39, 0.29) is 12.5 Å². The second kappa shape index (κ2) is 8.16. The Hall–Kier alpha value is -2.34. The van der Waals surface area contributed by atoms with E-state index >= 15 is 0 Å². The average Bonchev–Trinajstić information content (AvgIpc) is 3.12. The number of hydrogen-bond donors (Lipinski definition) is 1. The first-order chi connectivity index (χ1) is 12.1. The van der Waals surface area contributed by atoms with Crippen molar-refractivity contribution < 1.29 is 14.3 Å². The van der Waals surface area contributed by atoms with E-state index in [2.05, 4.69) is 21.2 Å². The van der Waals surface area contributed by atoms with E-state index in [0.29, 0.717) is 18.7 Å². The Morgan fingerprint density at radius 3 is 2.56 bits per heavy atom. The Morgan fingerprint density at radius 1 is 1.12 bits per heavy atom. The molecule has 1 aliphatic rings. The second-order valence-electron chi connectivity index (χ2n) is 5.89. The minimum atomic E-state index is -0.494. The maximum absolute atomic E-state index is 12.5. The number of likely N-dealkylation sites (tertiary alicyclic amines) is 1. The quantitative estimate of drug-likeness (QED) is 0.833. The molecule has 1 atom stereocenters. The van der Waals surface area contributed by atoms with Crippen LogP contribution in [0, 0.1) is 0 Å². The fourth-order valence-corrected chi connectivity index (χ4v) is 3.08. The van der Waals surface area contributed by atoms with E-state index in [9.17, 15) is 9.59 Å². The van der Waals surface area contributed by atoms with Gasteiger partial charge >= 0.3 is 6.09 Å². The molecule has 1 aliphatic heterocycles. The number of hydrogen-bond acceptors (Lipinski definition) is 3. The number of ether oxygens (including phenoxy) is 1. The highest BCUT2D eigenvalue weighted by Crippen LogP contribution is 2.21. The van der Waals surface area contributed by atoms with E-state index in [1.54, 1.807) is 0 Å². The van der Waals surface area contributed by atoms with Crippen molar-refractivity contribution in [3.63, 3.8) is 0 Å². The van der Waals surface area contributed by atoms with Gasteiger partial charge in [0.1, 0.15) is 12.6 Å². The summed E-state index contributed by atoms with van der Waals surface area (Å²) in [5.74, 6) is -0.184. The fourth-order valence-electron chi connectivity index (χ4n) is 2.82. The highest BCUT2D eigenvalue weighted by Gasteiger charge is 2.35. The van der Waals surface area contributed by atoms with Crippen LogP contribution in [0.25, 0.3) is 0 Å². The number of carbonyl (C=O) groups excluding carboxylic acids is 2. The van der Waals surface area contributed by atoms with E-state index in [1.165, 1.54) is 4.90 Å². The lowest BCUT2D eigenvalue weighted by atomic mass is 10.2. The maximum atomic E-state index is 12.5. The Balaban J connectivity index is 1.58. The molecular formula is C19H19BrN2O3. The van der Waals surface area contributed by atoms with Crippen molar-refractivity contribution in [2.24, 2.45) is 0 Å². The van der Waals surface area contributed by atoms with Gasteiger partial charge in [0.05, 0.1) is 0 Å². The molecule has 0 spiro atoms. The van der Waals surface area contributed by atoms with Gasteiger partial charge in [0.25, 0.3) is 0 Å². The van der Waals surface area contributed by atoms with Gasteiger partial charge in [0, 0.05) is 16.7 Å². The molecule has 5 nitrogen and oxygen atoms in total. The van der Waals surface area contributed by atoms with Gasteiger partial charge in [-0.3, -0.25) is 9.69 Å². The lowest BCUT2D eigenvalue weighted by molar-refractivity contribution is -0.120. The number of carbonyl (C=O) groups is 2. The summed E-state index contributed by atoms with van der Waals surface area (Å²) in [5, 5.41) is 2.86. The molecule has 0 aliphatic carbocycles. The van der Waals surface area contributed by atoms with Crippen LogP contribution in [0.15, 0.2) is 59.1 Å². The van der Waals surface area contributed by atoms with Crippen LogP contribution in [0.4, 0.5) is 10.5 Å². The highest BCUT2D eigenvalue weighted by molar-refractivity contribution is 9.10. The van der Waals surface area contributed by atoms with E-state index in [4.69, 9.17) is 4.74 Å². The Kier molecular flexibility index (Phi) is 5.71. The van der Waals surface area contributed by atoms with Crippen molar-refractivity contribution in [3.8, 4) is 0 Å². The molecule has 25 heavy (non-hydrogen) atoms. The summed E-state index contributed by atoms with van der Waals surface area (Å²) >= 11 is 3.36. The van der Waals surface area contributed by atoms with Crippen molar-refractivity contribution in [1.29, 1.82) is 0 Å². The number of nitrogens with zero attached hydrogens (tertiary/aromatic N) is 1. The van der Waals surface area contributed by atoms with Gasteiger partial charge < -0.3 is 10.1 Å². The summed E-state index contributed by atoms with van der Waals surface area (Å²) in [5.41, 5.74) is 1.63. The van der Waals surface area contributed by atoms with Crippen LogP contribution in [0.2, 0.25) is 0 Å². The first-order valence-electron chi connectivity index (χ1n) is 8.17. The number of rotatable bonds is 4. The number of nitrogens with one attached hydrogen (secondary N) is 1. The molecule has 0 radical (unpaired) electrons. The summed E-state index contributed by atoms with van der Waals surface area (Å²) in [7, 11) is 0. The van der Waals surface area contributed by atoms with Crippen molar-refractivity contribution in [3.05, 3.63) is 64.6 Å². The summed E-state index contributed by atoms with van der Waals surface area (Å²) in [6.07, 6.45) is 0.985. The molecular weight excluding hydrogens is 384 g/mol. The summed E-state index contributed by atoms with van der Waals surface area (Å²) < 4.78 is 6.30. The smallest absolute Gasteiger partial charge is 0.410 e. The fraction of sp³-hybridized carbons (Fsp3) is 0.263. The zero-order chi connectivity index (χ0) is 17.6. The summed E-state index contributed by atoms with van der Waals surface area (Å²) in [4.78, 5) is 26.4. The molecule has 1 saturated heterocycles. The van der Waals surface area contributed by atoms with Gasteiger partial charge in [0.15, 0.2) is 0 Å². The Morgan fingerprint density at radius 2 is 1.84 bits per heavy atom. The molecule has 2 amide bonds. The SMILES string of the molecule is O=C(Nc1ccc(Br)cc1)[C@@H]1CCCN1C(=O)OCc1ccccc1. The molecule has 6 heteroatoms. The number of benzene rings is 2. The zero-order valence-corrected chi connectivity index (χ0v) is 15.2. The third-order valence-electron chi connectivity index (χ3n) is 4.11. The van der Waals surface area contributed by atoms with Gasteiger partial charge in [0.2, 0.25) is 5.91 Å². The zero-order valence-electron chi connectivity index (χ0n) is 13.7. The van der Waals surface area contributed by atoms with Crippen LogP contribution < -0.4 is 5.32 Å². The third kappa shape index (κ3) is 4.60. The van der Waals surface area contributed by atoms with E-state index in [1.807, 2.05) is 54.6 Å². The van der Waals surface area contributed by atoms with Crippen LogP contribution in [0.3, 0.4) is 0 Å². The molecule has 0 bridgehead atoms. The monoisotopic (exact) mass is 402 g/mol. The number of amides is 2. The molecule has 0 saturated carbocycles. The van der Waals surface area contributed by atoms with Crippen LogP contribution >= 0.6 is 15.9 Å². The van der Waals surface area contributed by atoms with Crippen molar-refractivity contribution in [2.75, 3.05) is 11.9 Å². The molecule has 1 heterocycles. The predicted octanol–water partition coefficient (Wildman–Crippen LogP) is 4.19. The Labute approximate surface area is 155 Å². The average molecular weight is 403 g/mol. The summed E-state index contributed by atoms with van der Waals surface area (Å²) in [6, 6.07) is 16.3. The number of anilines is 1. The second-order valence-corrected chi connectivity index (χ2v) is 6.80. The lowest BCUT2D eigenvalue weighted by Crippen LogP contribution is -2.43. The normalized spacial score (nSPS) is 16.5. The van der Waals surface area contributed by atoms with Crippen molar-refractivity contribution in [2.45, 2.75) is 25.5 Å².